The summed E-state index contributed by atoms with van der Waals surface area (Å²) >= 11 is 5.82. The summed E-state index contributed by atoms with van der Waals surface area (Å²) in [6.07, 6.45) is 1.57. The molecule has 0 aliphatic carbocycles. The molecule has 0 spiro atoms. The zero-order chi connectivity index (χ0) is 14.0. The number of nitrogens with one attached hydrogen (secondary N) is 1. The van der Waals surface area contributed by atoms with Crippen LogP contribution in [0.3, 0.4) is 0 Å². The molecule has 100 valence electrons. The van der Waals surface area contributed by atoms with Gasteiger partial charge in [-0.1, -0.05) is 25.4 Å². The lowest BCUT2D eigenvalue weighted by atomic mass is 10.0. The zero-order valence-corrected chi connectivity index (χ0v) is 11.9. The zero-order valence-electron chi connectivity index (χ0n) is 11.1. The molecule has 2 aromatic rings. The Morgan fingerprint density at radius 3 is 2.53 bits per heavy atom. The van der Waals surface area contributed by atoms with E-state index >= 15 is 0 Å². The minimum absolute atomic E-state index is 0.290. The SMILES string of the molecule is Cc1nc(-c2ccc(Cl)cn2)nc(NN)c1C(C)C. The fraction of sp³-hybridized carbons (Fsp3) is 0.308. The summed E-state index contributed by atoms with van der Waals surface area (Å²) < 4.78 is 0. The van der Waals surface area contributed by atoms with Crippen molar-refractivity contribution in [1.82, 2.24) is 15.0 Å². The van der Waals surface area contributed by atoms with Crippen LogP contribution in [0.2, 0.25) is 5.02 Å². The van der Waals surface area contributed by atoms with Gasteiger partial charge < -0.3 is 5.43 Å². The molecule has 2 heterocycles. The van der Waals surface area contributed by atoms with E-state index in [9.17, 15) is 0 Å². The average molecular weight is 278 g/mol. The van der Waals surface area contributed by atoms with Crippen molar-refractivity contribution in [2.75, 3.05) is 5.43 Å². The normalized spacial score (nSPS) is 10.8. The molecule has 0 amide bonds. The predicted octanol–water partition coefficient (Wildman–Crippen LogP) is 2.91. The number of aromatic nitrogens is 3. The molecule has 0 atom stereocenters. The Morgan fingerprint density at radius 2 is 2.00 bits per heavy atom. The van der Waals surface area contributed by atoms with Crippen LogP contribution in [0, 0.1) is 6.92 Å². The highest BCUT2D eigenvalue weighted by Crippen LogP contribution is 2.27. The monoisotopic (exact) mass is 277 g/mol. The van der Waals surface area contributed by atoms with Crippen molar-refractivity contribution in [2.24, 2.45) is 5.84 Å². The van der Waals surface area contributed by atoms with E-state index in [2.05, 4.69) is 34.2 Å². The fourth-order valence-corrected chi connectivity index (χ4v) is 2.12. The number of halogens is 1. The highest BCUT2D eigenvalue weighted by atomic mass is 35.5. The second-order valence-corrected chi connectivity index (χ2v) is 4.99. The molecule has 3 N–H and O–H groups in total. The van der Waals surface area contributed by atoms with Crippen molar-refractivity contribution in [3.63, 3.8) is 0 Å². The van der Waals surface area contributed by atoms with E-state index in [1.165, 1.54) is 0 Å². The number of aryl methyl sites for hydroxylation is 1. The number of hydrogen-bond acceptors (Lipinski definition) is 5. The lowest BCUT2D eigenvalue weighted by molar-refractivity contribution is 0.831. The molecule has 2 aromatic heterocycles. The third kappa shape index (κ3) is 2.83. The van der Waals surface area contributed by atoms with Crippen LogP contribution in [0.5, 0.6) is 0 Å². The van der Waals surface area contributed by atoms with E-state index in [1.807, 2.05) is 6.92 Å². The van der Waals surface area contributed by atoms with Crippen molar-refractivity contribution in [1.29, 1.82) is 0 Å². The van der Waals surface area contributed by atoms with Crippen LogP contribution in [0.15, 0.2) is 18.3 Å². The minimum atomic E-state index is 0.290. The van der Waals surface area contributed by atoms with Crippen LogP contribution in [0.25, 0.3) is 11.5 Å². The third-order valence-corrected chi connectivity index (χ3v) is 3.03. The Morgan fingerprint density at radius 1 is 1.26 bits per heavy atom. The van der Waals surface area contributed by atoms with Crippen molar-refractivity contribution >= 4 is 17.4 Å². The molecule has 0 aromatic carbocycles. The lowest BCUT2D eigenvalue weighted by Gasteiger charge is -2.15. The molecule has 0 radical (unpaired) electrons. The van der Waals surface area contributed by atoms with Gasteiger partial charge in [0.1, 0.15) is 11.5 Å². The summed E-state index contributed by atoms with van der Waals surface area (Å²) in [7, 11) is 0. The summed E-state index contributed by atoms with van der Waals surface area (Å²) in [5, 5.41) is 0.580. The Balaban J connectivity index is 2.54. The molecule has 0 aliphatic rings. The van der Waals surface area contributed by atoms with Gasteiger partial charge in [0, 0.05) is 17.5 Å². The standard InChI is InChI=1S/C13H16ClN5/c1-7(2)11-8(3)17-12(18-13(11)19-15)10-5-4-9(14)6-16-10/h4-7H,15H2,1-3H3,(H,17,18,19). The second kappa shape index (κ2) is 5.50. The number of hydrogen-bond donors (Lipinski definition) is 2. The van der Waals surface area contributed by atoms with Gasteiger partial charge in [0.25, 0.3) is 0 Å². The van der Waals surface area contributed by atoms with Crippen LogP contribution < -0.4 is 11.3 Å². The molecule has 0 fully saturated rings. The van der Waals surface area contributed by atoms with Crippen molar-refractivity contribution in [3.8, 4) is 11.5 Å². The van der Waals surface area contributed by atoms with Gasteiger partial charge in [0.15, 0.2) is 5.82 Å². The van der Waals surface area contributed by atoms with Crippen LogP contribution in [-0.2, 0) is 0 Å². The summed E-state index contributed by atoms with van der Waals surface area (Å²) in [6, 6.07) is 3.54. The number of anilines is 1. The Bertz CT molecular complexity index is 580. The van der Waals surface area contributed by atoms with Gasteiger partial charge in [-0.2, -0.15) is 0 Å². The maximum Gasteiger partial charge on any atom is 0.180 e. The smallest absolute Gasteiger partial charge is 0.180 e. The van der Waals surface area contributed by atoms with E-state index in [-0.39, 0.29) is 0 Å². The van der Waals surface area contributed by atoms with E-state index in [4.69, 9.17) is 17.4 Å². The number of nitrogen functional groups attached to an aromatic ring is 1. The Kier molecular flexibility index (Phi) is 3.97. The predicted molar refractivity (Wildman–Crippen MR) is 76.9 cm³/mol. The molecule has 0 saturated carbocycles. The number of nitrogens with zero attached hydrogens (tertiary/aromatic N) is 3. The van der Waals surface area contributed by atoms with Gasteiger partial charge in [0.05, 0.1) is 5.02 Å². The first kappa shape index (κ1) is 13.7. The number of pyridine rings is 1. The first-order valence-corrected chi connectivity index (χ1v) is 6.37. The van der Waals surface area contributed by atoms with Crippen LogP contribution in [0.1, 0.15) is 31.0 Å². The largest absolute Gasteiger partial charge is 0.308 e. The number of nitrogens with two attached hydrogens (primary N) is 1. The van der Waals surface area contributed by atoms with E-state index in [0.29, 0.717) is 28.3 Å². The van der Waals surface area contributed by atoms with Crippen LogP contribution >= 0.6 is 11.6 Å². The quantitative estimate of drug-likeness (QED) is 0.666. The van der Waals surface area contributed by atoms with Crippen molar-refractivity contribution in [2.45, 2.75) is 26.7 Å². The average Bonchev–Trinajstić information content (AvgIpc) is 2.38. The highest BCUT2D eigenvalue weighted by molar-refractivity contribution is 6.30. The Hall–Kier alpha value is -1.72. The van der Waals surface area contributed by atoms with Crippen LogP contribution in [0.4, 0.5) is 5.82 Å². The maximum absolute atomic E-state index is 5.82. The van der Waals surface area contributed by atoms with E-state index < -0.39 is 0 Å². The van der Waals surface area contributed by atoms with Gasteiger partial charge in [-0.3, -0.25) is 4.98 Å². The number of rotatable bonds is 3. The van der Waals surface area contributed by atoms with Crippen molar-refractivity contribution in [3.05, 3.63) is 34.6 Å². The summed E-state index contributed by atoms with van der Waals surface area (Å²) in [5.41, 5.74) is 5.21. The van der Waals surface area contributed by atoms with E-state index in [1.54, 1.807) is 18.3 Å². The lowest BCUT2D eigenvalue weighted by Crippen LogP contribution is -2.14. The molecule has 6 heteroatoms. The van der Waals surface area contributed by atoms with Gasteiger partial charge in [-0.15, -0.1) is 0 Å². The molecular formula is C13H16ClN5. The molecule has 19 heavy (non-hydrogen) atoms. The Labute approximate surface area is 117 Å². The van der Waals surface area contributed by atoms with Crippen LogP contribution in [-0.4, -0.2) is 15.0 Å². The number of hydrazine groups is 1. The van der Waals surface area contributed by atoms with Gasteiger partial charge in [0.2, 0.25) is 0 Å². The molecule has 0 bridgehead atoms. The highest BCUT2D eigenvalue weighted by Gasteiger charge is 2.15. The van der Waals surface area contributed by atoms with Crippen molar-refractivity contribution < 1.29 is 0 Å². The minimum Gasteiger partial charge on any atom is -0.308 e. The first-order chi connectivity index (χ1) is 9.02. The van der Waals surface area contributed by atoms with Gasteiger partial charge >= 0.3 is 0 Å². The third-order valence-electron chi connectivity index (χ3n) is 2.81. The van der Waals surface area contributed by atoms with E-state index in [0.717, 1.165) is 11.3 Å². The maximum atomic E-state index is 5.82. The van der Waals surface area contributed by atoms with Gasteiger partial charge in [-0.05, 0) is 25.0 Å². The molecule has 0 saturated heterocycles. The topological polar surface area (TPSA) is 76.7 Å². The molecule has 0 unspecified atom stereocenters. The van der Waals surface area contributed by atoms with Gasteiger partial charge in [-0.25, -0.2) is 15.8 Å². The molecule has 2 rings (SSSR count). The first-order valence-electron chi connectivity index (χ1n) is 6.00. The second-order valence-electron chi connectivity index (χ2n) is 4.56. The molecule has 5 nitrogen and oxygen atoms in total. The fourth-order valence-electron chi connectivity index (χ4n) is 2.01. The molecule has 0 aliphatic heterocycles. The summed E-state index contributed by atoms with van der Waals surface area (Å²) in [6.45, 7) is 6.09. The molecular weight excluding hydrogens is 262 g/mol. The summed E-state index contributed by atoms with van der Waals surface area (Å²) in [5.74, 6) is 7.00. The summed E-state index contributed by atoms with van der Waals surface area (Å²) in [4.78, 5) is 13.1.